The summed E-state index contributed by atoms with van der Waals surface area (Å²) in [6.07, 6.45) is 2.26. The fraction of sp³-hybridized carbons (Fsp3) is 0.462. The highest BCUT2D eigenvalue weighted by atomic mass is 16.3. The second-order valence-corrected chi connectivity index (χ2v) is 4.52. The molecule has 98 valence electrons. The third-order valence-corrected chi connectivity index (χ3v) is 3.21. The minimum absolute atomic E-state index is 0.00698. The lowest BCUT2D eigenvalue weighted by Crippen LogP contribution is -2.35. The summed E-state index contributed by atoms with van der Waals surface area (Å²) < 4.78 is 0. The predicted molar refractivity (Wildman–Crippen MR) is 70.1 cm³/mol. The van der Waals surface area contributed by atoms with E-state index in [4.69, 9.17) is 5.11 Å². The molecular formula is C13H19N3O2. The van der Waals surface area contributed by atoms with Crippen molar-refractivity contribution in [3.8, 4) is 0 Å². The minimum atomic E-state index is -0.00698. The number of hydrogen-bond donors (Lipinski definition) is 3. The third kappa shape index (κ3) is 2.87. The molecule has 0 aliphatic carbocycles. The molecule has 0 fully saturated rings. The summed E-state index contributed by atoms with van der Waals surface area (Å²) in [5.74, 6) is 0. The first-order valence-electron chi connectivity index (χ1n) is 6.08. The van der Waals surface area contributed by atoms with Gasteiger partial charge in [0.05, 0.1) is 24.0 Å². The van der Waals surface area contributed by atoms with E-state index < -0.39 is 0 Å². The van der Waals surface area contributed by atoms with Crippen molar-refractivity contribution in [1.82, 2.24) is 14.9 Å². The number of H-pyrrole nitrogens is 1. The fourth-order valence-electron chi connectivity index (χ4n) is 2.10. The second-order valence-electron chi connectivity index (χ2n) is 4.52. The Morgan fingerprint density at radius 3 is 2.94 bits per heavy atom. The van der Waals surface area contributed by atoms with Gasteiger partial charge in [-0.1, -0.05) is 6.07 Å². The molecule has 5 nitrogen and oxygen atoms in total. The first-order valence-corrected chi connectivity index (χ1v) is 6.08. The van der Waals surface area contributed by atoms with Crippen molar-refractivity contribution < 1.29 is 10.2 Å². The third-order valence-electron chi connectivity index (χ3n) is 3.21. The number of nitrogens with one attached hydrogen (secondary N) is 1. The van der Waals surface area contributed by atoms with Gasteiger partial charge in [-0.05, 0) is 31.2 Å². The van der Waals surface area contributed by atoms with Crippen LogP contribution in [0.5, 0.6) is 0 Å². The Kier molecular flexibility index (Phi) is 4.30. The molecule has 1 unspecified atom stereocenters. The van der Waals surface area contributed by atoms with Crippen molar-refractivity contribution >= 4 is 11.0 Å². The first kappa shape index (κ1) is 13.0. The first-order chi connectivity index (χ1) is 8.74. The molecule has 5 heteroatoms. The molecule has 0 saturated heterocycles. The van der Waals surface area contributed by atoms with Gasteiger partial charge in [-0.15, -0.1) is 0 Å². The van der Waals surface area contributed by atoms with Gasteiger partial charge in [0.2, 0.25) is 0 Å². The van der Waals surface area contributed by atoms with Gasteiger partial charge in [0.25, 0.3) is 0 Å². The van der Waals surface area contributed by atoms with E-state index in [1.807, 2.05) is 24.1 Å². The van der Waals surface area contributed by atoms with Crippen LogP contribution in [-0.4, -0.2) is 51.4 Å². The molecule has 1 heterocycles. The number of aliphatic hydroxyl groups is 2. The number of hydrogen-bond acceptors (Lipinski definition) is 4. The van der Waals surface area contributed by atoms with Crippen LogP contribution in [0.2, 0.25) is 0 Å². The lowest BCUT2D eigenvalue weighted by atomic mass is 10.1. The maximum absolute atomic E-state index is 9.28. The van der Waals surface area contributed by atoms with E-state index in [2.05, 4.69) is 16.0 Å². The van der Waals surface area contributed by atoms with Crippen LogP contribution >= 0.6 is 0 Å². The van der Waals surface area contributed by atoms with Gasteiger partial charge in [0.15, 0.2) is 0 Å². The molecule has 1 aromatic heterocycles. The van der Waals surface area contributed by atoms with E-state index in [9.17, 15) is 5.11 Å². The Hall–Kier alpha value is -1.43. The number of rotatable bonds is 6. The number of aromatic amines is 1. The molecule has 0 saturated carbocycles. The van der Waals surface area contributed by atoms with Gasteiger partial charge in [-0.3, -0.25) is 4.90 Å². The zero-order chi connectivity index (χ0) is 13.0. The summed E-state index contributed by atoms with van der Waals surface area (Å²) >= 11 is 0. The molecule has 18 heavy (non-hydrogen) atoms. The van der Waals surface area contributed by atoms with E-state index >= 15 is 0 Å². The molecule has 0 spiro atoms. The highest BCUT2D eigenvalue weighted by Crippen LogP contribution is 2.14. The Labute approximate surface area is 106 Å². The molecule has 0 amide bonds. The summed E-state index contributed by atoms with van der Waals surface area (Å²) in [4.78, 5) is 9.31. The van der Waals surface area contributed by atoms with Crippen LogP contribution in [0, 0.1) is 0 Å². The molecule has 1 aromatic carbocycles. The summed E-state index contributed by atoms with van der Waals surface area (Å²) in [7, 11) is 1.95. The molecule has 3 N–H and O–H groups in total. The number of aromatic nitrogens is 2. The number of imidazole rings is 1. The van der Waals surface area contributed by atoms with E-state index in [1.165, 1.54) is 0 Å². The van der Waals surface area contributed by atoms with E-state index in [-0.39, 0.29) is 19.3 Å². The standard InChI is InChI=1S/C13H19N3O2/c1-16(11(8-18)4-5-17)7-10-2-3-12-13(6-10)15-9-14-12/h2-3,6,9,11,17-18H,4-5,7-8H2,1H3,(H,14,15). The van der Waals surface area contributed by atoms with Crippen LogP contribution < -0.4 is 0 Å². The molecule has 0 radical (unpaired) electrons. The topological polar surface area (TPSA) is 72.4 Å². The molecular weight excluding hydrogens is 230 g/mol. The zero-order valence-electron chi connectivity index (χ0n) is 10.5. The van der Waals surface area contributed by atoms with E-state index in [0.717, 1.165) is 23.1 Å². The summed E-state index contributed by atoms with van der Waals surface area (Å²) in [6.45, 7) is 0.888. The van der Waals surface area contributed by atoms with Gasteiger partial charge in [-0.25, -0.2) is 4.98 Å². The lowest BCUT2D eigenvalue weighted by molar-refractivity contribution is 0.115. The van der Waals surface area contributed by atoms with Gasteiger partial charge >= 0.3 is 0 Å². The molecule has 0 bridgehead atoms. The van der Waals surface area contributed by atoms with Crippen molar-refractivity contribution in [3.63, 3.8) is 0 Å². The van der Waals surface area contributed by atoms with Crippen molar-refractivity contribution in [3.05, 3.63) is 30.1 Å². The summed E-state index contributed by atoms with van der Waals surface area (Å²) in [6, 6.07) is 6.07. The fourth-order valence-corrected chi connectivity index (χ4v) is 2.10. The monoisotopic (exact) mass is 249 g/mol. The van der Waals surface area contributed by atoms with Crippen LogP contribution in [0.3, 0.4) is 0 Å². The van der Waals surface area contributed by atoms with Crippen LogP contribution in [-0.2, 0) is 6.54 Å². The Morgan fingerprint density at radius 1 is 1.39 bits per heavy atom. The summed E-state index contributed by atoms with van der Waals surface area (Å²) in [5.41, 5.74) is 3.13. The second kappa shape index (κ2) is 5.95. The Bertz CT molecular complexity index is 498. The largest absolute Gasteiger partial charge is 0.396 e. The van der Waals surface area contributed by atoms with Crippen LogP contribution in [0.4, 0.5) is 0 Å². The van der Waals surface area contributed by atoms with Gasteiger partial charge in [0, 0.05) is 19.2 Å². The molecule has 1 atom stereocenters. The van der Waals surface area contributed by atoms with Crippen molar-refractivity contribution in [1.29, 1.82) is 0 Å². The van der Waals surface area contributed by atoms with E-state index in [1.54, 1.807) is 6.33 Å². The number of fused-ring (bicyclic) bond motifs is 1. The molecule has 2 rings (SSSR count). The van der Waals surface area contributed by atoms with E-state index in [0.29, 0.717) is 6.42 Å². The predicted octanol–water partition coefficient (Wildman–Crippen LogP) is 0.738. The van der Waals surface area contributed by atoms with Crippen molar-refractivity contribution in [2.75, 3.05) is 20.3 Å². The number of nitrogens with zero attached hydrogens (tertiary/aromatic N) is 2. The number of benzene rings is 1. The Balaban J connectivity index is 2.07. The van der Waals surface area contributed by atoms with Gasteiger partial charge < -0.3 is 15.2 Å². The maximum atomic E-state index is 9.28. The van der Waals surface area contributed by atoms with Gasteiger partial charge in [-0.2, -0.15) is 0 Å². The highest BCUT2D eigenvalue weighted by Gasteiger charge is 2.13. The number of aliphatic hydroxyl groups excluding tert-OH is 2. The Morgan fingerprint density at radius 2 is 2.22 bits per heavy atom. The average molecular weight is 249 g/mol. The number of likely N-dealkylation sites (N-methyl/N-ethyl adjacent to an activating group) is 1. The minimum Gasteiger partial charge on any atom is -0.396 e. The lowest BCUT2D eigenvalue weighted by Gasteiger charge is -2.25. The van der Waals surface area contributed by atoms with Crippen molar-refractivity contribution in [2.24, 2.45) is 0 Å². The summed E-state index contributed by atoms with van der Waals surface area (Å²) in [5, 5.41) is 18.2. The molecule has 2 aromatic rings. The average Bonchev–Trinajstić information content (AvgIpc) is 2.83. The van der Waals surface area contributed by atoms with Crippen molar-refractivity contribution in [2.45, 2.75) is 19.0 Å². The van der Waals surface area contributed by atoms with Crippen LogP contribution in [0.15, 0.2) is 24.5 Å². The SMILES string of the molecule is CN(Cc1ccc2nc[nH]c2c1)C(CO)CCO. The molecule has 0 aliphatic heterocycles. The maximum Gasteiger partial charge on any atom is 0.0931 e. The van der Waals surface area contributed by atoms with Crippen LogP contribution in [0.1, 0.15) is 12.0 Å². The van der Waals surface area contributed by atoms with Gasteiger partial charge in [0.1, 0.15) is 0 Å². The smallest absolute Gasteiger partial charge is 0.0931 e. The molecule has 0 aliphatic rings. The van der Waals surface area contributed by atoms with Crippen LogP contribution in [0.25, 0.3) is 11.0 Å². The normalized spacial score (nSPS) is 13.3. The quantitative estimate of drug-likeness (QED) is 0.706. The highest BCUT2D eigenvalue weighted by molar-refractivity contribution is 5.74. The zero-order valence-corrected chi connectivity index (χ0v) is 10.5.